The molecule has 0 radical (unpaired) electrons. The van der Waals surface area contributed by atoms with Gasteiger partial charge in [0.05, 0.1) is 23.3 Å². The van der Waals surface area contributed by atoms with E-state index < -0.39 is 10.0 Å². The monoisotopic (exact) mass is 343 g/mol. The molecular formula is C18H21N3O2S. The Morgan fingerprint density at radius 1 is 1.29 bits per heavy atom. The third kappa shape index (κ3) is 2.97. The first-order valence-electron chi connectivity index (χ1n) is 7.74. The van der Waals surface area contributed by atoms with E-state index >= 15 is 0 Å². The Morgan fingerprint density at radius 2 is 2.04 bits per heavy atom. The van der Waals surface area contributed by atoms with Crippen LogP contribution < -0.4 is 4.72 Å². The summed E-state index contributed by atoms with van der Waals surface area (Å²) in [5.74, 6) is 0. The first-order valence-corrected chi connectivity index (χ1v) is 9.63. The van der Waals surface area contributed by atoms with Crippen LogP contribution in [0.2, 0.25) is 0 Å². The van der Waals surface area contributed by atoms with Crippen molar-refractivity contribution in [1.82, 2.24) is 9.88 Å². The largest absolute Gasteiger partial charge is 0.359 e. The summed E-state index contributed by atoms with van der Waals surface area (Å²) in [5, 5.41) is 0. The highest BCUT2D eigenvalue weighted by atomic mass is 32.2. The predicted molar refractivity (Wildman–Crippen MR) is 98.9 cm³/mol. The zero-order chi connectivity index (χ0) is 17.5. The zero-order valence-electron chi connectivity index (χ0n) is 14.1. The van der Waals surface area contributed by atoms with Gasteiger partial charge in [0.1, 0.15) is 0 Å². The highest BCUT2D eigenvalue weighted by Crippen LogP contribution is 2.37. The summed E-state index contributed by atoms with van der Waals surface area (Å²) in [5.41, 5.74) is 6.47. The average molecular weight is 343 g/mol. The lowest BCUT2D eigenvalue weighted by Crippen LogP contribution is -2.20. The van der Waals surface area contributed by atoms with Crippen LogP contribution in [0, 0.1) is 6.92 Å². The second-order valence-corrected chi connectivity index (χ2v) is 7.69. The number of aromatic amines is 1. The summed E-state index contributed by atoms with van der Waals surface area (Å²) >= 11 is 0. The van der Waals surface area contributed by atoms with Crippen molar-refractivity contribution in [3.63, 3.8) is 0 Å². The predicted octanol–water partition coefficient (Wildman–Crippen LogP) is 3.39. The number of sulfonamides is 1. The van der Waals surface area contributed by atoms with Crippen LogP contribution in [0.25, 0.3) is 11.3 Å². The normalized spacial score (nSPS) is 14.4. The van der Waals surface area contributed by atoms with Crippen LogP contribution >= 0.6 is 0 Å². The van der Waals surface area contributed by atoms with Crippen molar-refractivity contribution in [2.45, 2.75) is 13.8 Å². The van der Waals surface area contributed by atoms with E-state index in [0.29, 0.717) is 5.69 Å². The summed E-state index contributed by atoms with van der Waals surface area (Å²) in [6.45, 7) is 8.91. The molecule has 126 valence electrons. The number of aryl methyl sites for hydroxylation is 1. The Morgan fingerprint density at radius 3 is 2.71 bits per heavy atom. The molecule has 1 aliphatic rings. The zero-order valence-corrected chi connectivity index (χ0v) is 14.9. The van der Waals surface area contributed by atoms with Gasteiger partial charge in [0.2, 0.25) is 10.0 Å². The fraction of sp³-hybridized carbons (Fsp3) is 0.222. The van der Waals surface area contributed by atoms with E-state index in [4.69, 9.17) is 0 Å². The summed E-state index contributed by atoms with van der Waals surface area (Å²) in [6.07, 6.45) is 5.12. The number of nitrogens with one attached hydrogen (secondary N) is 2. The summed E-state index contributed by atoms with van der Waals surface area (Å²) in [6, 6.07) is 7.83. The van der Waals surface area contributed by atoms with E-state index in [1.165, 1.54) is 0 Å². The Balaban J connectivity index is 2.12. The van der Waals surface area contributed by atoms with Gasteiger partial charge in [-0.3, -0.25) is 4.72 Å². The van der Waals surface area contributed by atoms with Gasteiger partial charge in [-0.15, -0.1) is 0 Å². The number of fused-ring (bicyclic) bond motifs is 1. The van der Waals surface area contributed by atoms with Crippen molar-refractivity contribution in [1.29, 1.82) is 0 Å². The van der Waals surface area contributed by atoms with Gasteiger partial charge in [-0.25, -0.2) is 8.42 Å². The summed E-state index contributed by atoms with van der Waals surface area (Å²) < 4.78 is 25.8. The van der Waals surface area contributed by atoms with E-state index in [9.17, 15) is 8.42 Å². The summed E-state index contributed by atoms with van der Waals surface area (Å²) in [7, 11) is -3.32. The second kappa shape index (κ2) is 5.87. The van der Waals surface area contributed by atoms with E-state index in [1.54, 1.807) is 0 Å². The fourth-order valence-corrected chi connectivity index (χ4v) is 3.51. The van der Waals surface area contributed by atoms with Crippen LogP contribution in [0.3, 0.4) is 0 Å². The maximum absolute atomic E-state index is 11.6. The van der Waals surface area contributed by atoms with Crippen molar-refractivity contribution in [3.05, 3.63) is 65.6 Å². The third-order valence-corrected chi connectivity index (χ3v) is 4.73. The number of anilines is 1. The van der Waals surface area contributed by atoms with Crippen LogP contribution in [0.15, 0.2) is 43.2 Å². The topological polar surface area (TPSA) is 65.2 Å². The molecule has 0 spiro atoms. The molecule has 0 saturated heterocycles. The Hall–Kier alpha value is -2.47. The van der Waals surface area contributed by atoms with Crippen molar-refractivity contribution >= 4 is 27.0 Å². The van der Waals surface area contributed by atoms with Gasteiger partial charge in [-0.05, 0) is 37.1 Å². The van der Waals surface area contributed by atoms with Gasteiger partial charge < -0.3 is 9.88 Å². The molecule has 0 atom stereocenters. The van der Waals surface area contributed by atoms with E-state index in [1.807, 2.05) is 37.4 Å². The fourth-order valence-electron chi connectivity index (χ4n) is 2.89. The molecule has 2 heterocycles. The molecule has 0 bridgehead atoms. The molecule has 1 aromatic carbocycles. The number of nitrogens with zero attached hydrogens (tertiary/aromatic N) is 1. The number of benzene rings is 1. The van der Waals surface area contributed by atoms with Gasteiger partial charge in [-0.1, -0.05) is 18.7 Å². The minimum absolute atomic E-state index is 0.598. The number of aromatic nitrogens is 1. The molecule has 3 rings (SSSR count). The van der Waals surface area contributed by atoms with Gasteiger partial charge >= 0.3 is 0 Å². The van der Waals surface area contributed by atoms with E-state index in [2.05, 4.69) is 34.3 Å². The van der Waals surface area contributed by atoms with Crippen LogP contribution in [-0.2, 0) is 10.0 Å². The lowest BCUT2D eigenvalue weighted by molar-refractivity contribution is 0.559. The first kappa shape index (κ1) is 16.4. The number of hydrogen-bond acceptors (Lipinski definition) is 3. The molecule has 6 heteroatoms. The number of rotatable bonds is 4. The lowest BCUT2D eigenvalue weighted by atomic mass is 9.94. The van der Waals surface area contributed by atoms with Crippen molar-refractivity contribution in [2.75, 3.05) is 17.5 Å². The molecule has 0 unspecified atom stereocenters. The average Bonchev–Trinajstić information content (AvgIpc) is 2.99. The van der Waals surface area contributed by atoms with Gasteiger partial charge in [0, 0.05) is 30.1 Å². The van der Waals surface area contributed by atoms with Crippen LogP contribution in [-0.4, -0.2) is 31.1 Å². The molecule has 0 saturated carbocycles. The Bertz CT molecular complexity index is 939. The molecule has 5 nitrogen and oxygen atoms in total. The van der Waals surface area contributed by atoms with E-state index in [0.717, 1.165) is 46.5 Å². The molecule has 24 heavy (non-hydrogen) atoms. The minimum atomic E-state index is -3.32. The lowest BCUT2D eigenvalue weighted by Gasteiger charge is -2.28. The van der Waals surface area contributed by atoms with Crippen molar-refractivity contribution in [3.8, 4) is 0 Å². The maximum atomic E-state index is 11.6. The van der Waals surface area contributed by atoms with Crippen molar-refractivity contribution < 1.29 is 8.42 Å². The minimum Gasteiger partial charge on any atom is -0.359 e. The smallest absolute Gasteiger partial charge is 0.229 e. The van der Waals surface area contributed by atoms with Crippen LogP contribution in [0.4, 0.5) is 5.69 Å². The molecular weight excluding hydrogens is 322 g/mol. The maximum Gasteiger partial charge on any atom is 0.229 e. The summed E-state index contributed by atoms with van der Waals surface area (Å²) in [4.78, 5) is 5.32. The Labute approximate surface area is 142 Å². The molecule has 1 aliphatic heterocycles. The quantitative estimate of drug-likeness (QED) is 0.894. The highest BCUT2D eigenvalue weighted by molar-refractivity contribution is 7.92. The molecule has 0 amide bonds. The molecule has 2 aromatic rings. The number of H-pyrrole nitrogens is 1. The van der Waals surface area contributed by atoms with Crippen LogP contribution in [0.5, 0.6) is 0 Å². The molecule has 2 N–H and O–H groups in total. The van der Waals surface area contributed by atoms with Gasteiger partial charge in [0.25, 0.3) is 0 Å². The third-order valence-electron chi connectivity index (χ3n) is 4.14. The van der Waals surface area contributed by atoms with E-state index in [-0.39, 0.29) is 0 Å². The molecule has 0 aliphatic carbocycles. The van der Waals surface area contributed by atoms with Gasteiger partial charge in [-0.2, -0.15) is 0 Å². The first-order chi connectivity index (χ1) is 11.3. The van der Waals surface area contributed by atoms with Gasteiger partial charge in [0.15, 0.2) is 0 Å². The highest BCUT2D eigenvalue weighted by Gasteiger charge is 2.22. The standard InChI is InChI=1S/C18H21N3O2S/c1-5-21-11-16(15-8-9-19-18(15)13(21)3)14-7-6-12(2)17(10-14)20-24(4,22)23/h6-11,19-20H,3,5H2,1-2,4H3. The molecule has 0 fully saturated rings. The second-order valence-electron chi connectivity index (χ2n) is 5.95. The van der Waals surface area contributed by atoms with Crippen molar-refractivity contribution in [2.24, 2.45) is 0 Å². The number of hydrogen-bond donors (Lipinski definition) is 2. The molecule has 1 aromatic heterocycles. The van der Waals surface area contributed by atoms with Crippen LogP contribution in [0.1, 0.15) is 29.3 Å². The SMILES string of the molecule is C=C1c2[nH]ccc2C(c2ccc(C)c(NS(C)(=O)=O)c2)=CN1CC. The Kier molecular flexibility index (Phi) is 4.01.